The molecule has 0 heterocycles. The number of nitrogens with zero attached hydrogens (tertiary/aromatic N) is 1. The predicted molar refractivity (Wildman–Crippen MR) is 162 cm³/mol. The third-order valence-electron chi connectivity index (χ3n) is 6.89. The molecular formula is C33H43N3O5. The molecule has 8 heteroatoms. The number of rotatable bonds is 16. The van der Waals surface area contributed by atoms with Crippen molar-refractivity contribution >= 4 is 11.8 Å². The third kappa shape index (κ3) is 9.33. The summed E-state index contributed by atoms with van der Waals surface area (Å²) in [7, 11) is 3.21. The summed E-state index contributed by atoms with van der Waals surface area (Å²) >= 11 is 0. The van der Waals surface area contributed by atoms with Gasteiger partial charge in [0.1, 0.15) is 11.5 Å². The highest BCUT2D eigenvalue weighted by Gasteiger charge is 2.23. The molecule has 3 aromatic carbocycles. The van der Waals surface area contributed by atoms with Crippen LogP contribution in [0.15, 0.2) is 72.8 Å². The van der Waals surface area contributed by atoms with Gasteiger partial charge in [-0.1, -0.05) is 56.3 Å². The van der Waals surface area contributed by atoms with Gasteiger partial charge < -0.3 is 30.1 Å². The number of benzene rings is 3. The molecule has 0 fully saturated rings. The lowest BCUT2D eigenvalue weighted by Gasteiger charge is -2.25. The summed E-state index contributed by atoms with van der Waals surface area (Å²) < 4.78 is 10.7. The summed E-state index contributed by atoms with van der Waals surface area (Å²) in [6.45, 7) is 6.13. The fourth-order valence-corrected chi connectivity index (χ4v) is 4.73. The van der Waals surface area contributed by atoms with Crippen molar-refractivity contribution in [1.82, 2.24) is 15.5 Å². The average Bonchev–Trinajstić information content (AvgIpc) is 3.00. The van der Waals surface area contributed by atoms with Crippen LogP contribution in [0.2, 0.25) is 0 Å². The van der Waals surface area contributed by atoms with Crippen LogP contribution in [0.3, 0.4) is 0 Å². The molecule has 2 atom stereocenters. The number of ether oxygens (including phenoxy) is 2. The first-order valence-electron chi connectivity index (χ1n) is 14.2. The number of aliphatic hydroxyl groups excluding tert-OH is 1. The molecule has 3 aromatic rings. The van der Waals surface area contributed by atoms with E-state index in [0.29, 0.717) is 48.7 Å². The van der Waals surface area contributed by atoms with Gasteiger partial charge in [-0.15, -0.1) is 0 Å². The van der Waals surface area contributed by atoms with E-state index in [1.165, 1.54) is 0 Å². The second kappa shape index (κ2) is 16.4. The zero-order valence-corrected chi connectivity index (χ0v) is 24.6. The minimum atomic E-state index is -0.877. The van der Waals surface area contributed by atoms with Crippen molar-refractivity contribution in [3.63, 3.8) is 0 Å². The maximum atomic E-state index is 13.4. The van der Waals surface area contributed by atoms with Gasteiger partial charge in [0.05, 0.1) is 26.4 Å². The molecular weight excluding hydrogens is 518 g/mol. The molecule has 0 aliphatic rings. The van der Waals surface area contributed by atoms with Crippen LogP contribution >= 0.6 is 0 Å². The average molecular weight is 562 g/mol. The topological polar surface area (TPSA) is 100 Å². The molecule has 0 saturated carbocycles. The molecule has 0 aliphatic carbocycles. The van der Waals surface area contributed by atoms with E-state index in [2.05, 4.69) is 10.6 Å². The fraction of sp³-hybridized carbons (Fsp3) is 0.394. The van der Waals surface area contributed by atoms with E-state index in [4.69, 9.17) is 9.47 Å². The number of carbonyl (C=O) groups excluding carboxylic acids is 2. The molecule has 8 nitrogen and oxygen atoms in total. The van der Waals surface area contributed by atoms with Crippen molar-refractivity contribution in [2.75, 3.05) is 33.9 Å². The maximum absolute atomic E-state index is 13.4. The van der Waals surface area contributed by atoms with Gasteiger partial charge in [0.25, 0.3) is 11.8 Å². The van der Waals surface area contributed by atoms with Gasteiger partial charge in [0.15, 0.2) is 0 Å². The van der Waals surface area contributed by atoms with E-state index in [9.17, 15) is 14.7 Å². The molecule has 2 amide bonds. The zero-order valence-electron chi connectivity index (χ0n) is 24.6. The van der Waals surface area contributed by atoms with Crippen molar-refractivity contribution in [2.24, 2.45) is 0 Å². The molecule has 0 radical (unpaired) electrons. The van der Waals surface area contributed by atoms with Crippen LogP contribution in [0.5, 0.6) is 11.5 Å². The SMILES string of the molecule is CCCN(CCC)C(=O)c1cccc(C(=O)N[C@@H](Cc2ccccc2)[C@H](O)CNCc2ccc(OC)cc2OC)c1. The highest BCUT2D eigenvalue weighted by Crippen LogP contribution is 2.24. The predicted octanol–water partition coefficient (Wildman–Crippen LogP) is 4.46. The van der Waals surface area contributed by atoms with E-state index < -0.39 is 12.1 Å². The second-order valence-corrected chi connectivity index (χ2v) is 10.0. The summed E-state index contributed by atoms with van der Waals surface area (Å²) in [5, 5.41) is 17.5. The molecule has 0 unspecified atom stereocenters. The van der Waals surface area contributed by atoms with Crippen LogP contribution in [-0.4, -0.2) is 67.8 Å². The van der Waals surface area contributed by atoms with Crippen molar-refractivity contribution in [3.8, 4) is 11.5 Å². The first-order valence-corrected chi connectivity index (χ1v) is 14.2. The molecule has 0 aliphatic heterocycles. The van der Waals surface area contributed by atoms with E-state index in [-0.39, 0.29) is 18.4 Å². The van der Waals surface area contributed by atoms with E-state index in [1.807, 2.05) is 67.3 Å². The number of hydrogen-bond acceptors (Lipinski definition) is 6. The van der Waals surface area contributed by atoms with Crippen LogP contribution in [0.1, 0.15) is 58.5 Å². The van der Waals surface area contributed by atoms with Gasteiger partial charge in [-0.05, 0) is 49.1 Å². The third-order valence-corrected chi connectivity index (χ3v) is 6.89. The summed E-state index contributed by atoms with van der Waals surface area (Å²) in [4.78, 5) is 28.3. The molecule has 3 N–H and O–H groups in total. The van der Waals surface area contributed by atoms with Crippen LogP contribution in [0, 0.1) is 0 Å². The van der Waals surface area contributed by atoms with Crippen LogP contribution < -0.4 is 20.1 Å². The van der Waals surface area contributed by atoms with Crippen LogP contribution in [-0.2, 0) is 13.0 Å². The molecule has 0 spiro atoms. The Labute approximate surface area is 243 Å². The van der Waals surface area contributed by atoms with Gasteiger partial charge in [0.2, 0.25) is 0 Å². The summed E-state index contributed by atoms with van der Waals surface area (Å²) in [6, 6.07) is 21.6. The number of nitrogens with one attached hydrogen (secondary N) is 2. The zero-order chi connectivity index (χ0) is 29.6. The van der Waals surface area contributed by atoms with Gasteiger partial charge in [-0.25, -0.2) is 0 Å². The standard InChI is InChI=1S/C33H43N3O5/c1-5-17-36(18-6-2)33(39)26-14-10-13-25(20-26)32(38)35-29(19-24-11-8-7-9-12-24)30(37)23-34-22-27-15-16-28(40-3)21-31(27)41-4/h7-16,20-21,29-30,34,37H,5-6,17-19,22-23H2,1-4H3,(H,35,38)/t29-,30+/m0/s1. The smallest absolute Gasteiger partial charge is 0.253 e. The second-order valence-electron chi connectivity index (χ2n) is 10.0. The molecule has 41 heavy (non-hydrogen) atoms. The Morgan fingerprint density at radius 3 is 2.24 bits per heavy atom. The molecule has 0 aromatic heterocycles. The Kier molecular flexibility index (Phi) is 12.7. The monoisotopic (exact) mass is 561 g/mol. The normalized spacial score (nSPS) is 12.3. The van der Waals surface area contributed by atoms with Crippen molar-refractivity contribution in [3.05, 3.63) is 95.1 Å². The minimum Gasteiger partial charge on any atom is -0.497 e. The largest absolute Gasteiger partial charge is 0.497 e. The van der Waals surface area contributed by atoms with Crippen molar-refractivity contribution in [2.45, 2.75) is 51.8 Å². The minimum absolute atomic E-state index is 0.0811. The summed E-state index contributed by atoms with van der Waals surface area (Å²) in [6.07, 6.45) is 1.30. The van der Waals surface area contributed by atoms with E-state index in [1.54, 1.807) is 38.5 Å². The number of hydrogen-bond donors (Lipinski definition) is 3. The molecule has 3 rings (SSSR count). The van der Waals surface area contributed by atoms with E-state index in [0.717, 1.165) is 24.0 Å². The lowest BCUT2D eigenvalue weighted by atomic mass is 10.00. The fourth-order valence-electron chi connectivity index (χ4n) is 4.73. The Morgan fingerprint density at radius 1 is 0.878 bits per heavy atom. The lowest BCUT2D eigenvalue weighted by molar-refractivity contribution is 0.0755. The molecule has 0 saturated heterocycles. The highest BCUT2D eigenvalue weighted by atomic mass is 16.5. The Bertz CT molecular complexity index is 1240. The highest BCUT2D eigenvalue weighted by molar-refractivity contribution is 5.99. The van der Waals surface area contributed by atoms with Crippen molar-refractivity contribution < 1.29 is 24.2 Å². The van der Waals surface area contributed by atoms with Gasteiger partial charge in [-0.2, -0.15) is 0 Å². The van der Waals surface area contributed by atoms with Crippen molar-refractivity contribution in [1.29, 1.82) is 0 Å². The first-order chi connectivity index (χ1) is 19.9. The van der Waals surface area contributed by atoms with Gasteiger partial charge in [-0.3, -0.25) is 9.59 Å². The number of amides is 2. The van der Waals surface area contributed by atoms with Crippen LogP contribution in [0.25, 0.3) is 0 Å². The summed E-state index contributed by atoms with van der Waals surface area (Å²) in [5.41, 5.74) is 2.78. The quantitative estimate of drug-likeness (QED) is 0.239. The molecule has 0 bridgehead atoms. The van der Waals surface area contributed by atoms with E-state index >= 15 is 0 Å². The number of aliphatic hydroxyl groups is 1. The Balaban J connectivity index is 1.72. The van der Waals surface area contributed by atoms with Crippen LogP contribution in [0.4, 0.5) is 0 Å². The number of methoxy groups -OCH3 is 2. The molecule has 220 valence electrons. The Hall–Kier alpha value is -3.88. The Morgan fingerprint density at radius 2 is 1.59 bits per heavy atom. The number of carbonyl (C=O) groups is 2. The lowest BCUT2D eigenvalue weighted by Crippen LogP contribution is -2.48. The summed E-state index contributed by atoms with van der Waals surface area (Å²) in [5.74, 6) is 0.966. The van der Waals surface area contributed by atoms with Gasteiger partial charge in [0, 0.05) is 48.9 Å². The maximum Gasteiger partial charge on any atom is 0.253 e. The first kappa shape index (κ1) is 31.6. The van der Waals surface area contributed by atoms with Gasteiger partial charge >= 0.3 is 0 Å².